The van der Waals surface area contributed by atoms with Crippen LogP contribution in [0.3, 0.4) is 0 Å². The topological polar surface area (TPSA) is 76.4 Å². The Kier molecular flexibility index (Phi) is 7.53. The van der Waals surface area contributed by atoms with Gasteiger partial charge >= 0.3 is 6.09 Å². The number of rotatable bonds is 4. The van der Waals surface area contributed by atoms with Gasteiger partial charge in [0.2, 0.25) is 0 Å². The number of amides is 1. The fourth-order valence-corrected chi connectivity index (χ4v) is 6.44. The summed E-state index contributed by atoms with van der Waals surface area (Å²) in [5.74, 6) is -0.687. The number of anilines is 1. The molecule has 2 aliphatic heterocycles. The highest BCUT2D eigenvalue weighted by Crippen LogP contribution is 2.40. The molecule has 8 nitrogen and oxygen atoms in total. The van der Waals surface area contributed by atoms with Crippen molar-refractivity contribution in [3.63, 3.8) is 0 Å². The van der Waals surface area contributed by atoms with E-state index < -0.39 is 35.0 Å². The van der Waals surface area contributed by atoms with Gasteiger partial charge in [-0.2, -0.15) is 5.10 Å². The van der Waals surface area contributed by atoms with Crippen molar-refractivity contribution in [3.05, 3.63) is 72.2 Å². The van der Waals surface area contributed by atoms with Crippen LogP contribution in [0.15, 0.2) is 55.0 Å². The van der Waals surface area contributed by atoms with Gasteiger partial charge in [-0.3, -0.25) is 9.67 Å². The van der Waals surface area contributed by atoms with Crippen molar-refractivity contribution in [2.24, 2.45) is 0 Å². The van der Waals surface area contributed by atoms with E-state index in [4.69, 9.17) is 14.8 Å². The molecule has 232 valence electrons. The van der Waals surface area contributed by atoms with Crippen molar-refractivity contribution in [3.8, 4) is 11.1 Å². The number of carbonyl (C=O) groups is 1. The highest BCUT2D eigenvalue weighted by molar-refractivity contribution is 5.91. The van der Waals surface area contributed by atoms with Crippen molar-refractivity contribution in [2.75, 3.05) is 18.0 Å². The zero-order chi connectivity index (χ0) is 31.4. The van der Waals surface area contributed by atoms with Gasteiger partial charge in [-0.15, -0.1) is 0 Å². The fraction of sp³-hybridized carbons (Fsp3) is 0.455. The van der Waals surface area contributed by atoms with Crippen LogP contribution in [0.5, 0.6) is 0 Å². The summed E-state index contributed by atoms with van der Waals surface area (Å²) in [5.41, 5.74) is 2.01. The van der Waals surface area contributed by atoms with E-state index in [0.717, 1.165) is 35.7 Å². The lowest BCUT2D eigenvalue weighted by Gasteiger charge is -2.45. The fourth-order valence-electron chi connectivity index (χ4n) is 6.44. The third-order valence-electron chi connectivity index (χ3n) is 8.48. The highest BCUT2D eigenvalue weighted by Gasteiger charge is 2.40. The SMILES string of the molecule is CC(C)(C)OC(=O)N1CCC(n2cc(-c3ccnc4ccc(N5C[C@@H](F)C[C@@H]5c5cc(F)ccc5F)nc34)cn2)CC1(C)C. The third kappa shape index (κ3) is 5.84. The average Bonchev–Trinajstić information content (AvgIpc) is 3.59. The van der Waals surface area contributed by atoms with E-state index in [1.807, 2.05) is 57.6 Å². The molecule has 44 heavy (non-hydrogen) atoms. The number of alkyl halides is 1. The molecule has 2 fully saturated rings. The summed E-state index contributed by atoms with van der Waals surface area (Å²) in [4.78, 5) is 25.7. The van der Waals surface area contributed by atoms with E-state index in [0.29, 0.717) is 29.8 Å². The van der Waals surface area contributed by atoms with Crippen LogP contribution in [-0.4, -0.2) is 61.1 Å². The second-order valence-corrected chi connectivity index (χ2v) is 13.4. The molecule has 0 spiro atoms. The molecular formula is C33H37F3N6O2. The van der Waals surface area contributed by atoms with Crippen LogP contribution in [0, 0.1) is 11.6 Å². The molecule has 2 aliphatic rings. The summed E-state index contributed by atoms with van der Waals surface area (Å²) in [6, 6.07) is 8.06. The first-order valence-corrected chi connectivity index (χ1v) is 15.0. The summed E-state index contributed by atoms with van der Waals surface area (Å²) in [5, 5.41) is 4.69. The number of aromatic nitrogens is 4. The largest absolute Gasteiger partial charge is 0.444 e. The number of halogens is 3. The molecule has 0 aliphatic carbocycles. The Hall–Kier alpha value is -4.15. The summed E-state index contributed by atoms with van der Waals surface area (Å²) in [7, 11) is 0. The highest BCUT2D eigenvalue weighted by atomic mass is 19.1. The molecule has 11 heteroatoms. The maximum atomic E-state index is 14.7. The zero-order valence-electron chi connectivity index (χ0n) is 25.6. The first kappa shape index (κ1) is 29.9. The molecule has 2 saturated heterocycles. The van der Waals surface area contributed by atoms with Crippen LogP contribution in [0.4, 0.5) is 23.8 Å². The van der Waals surface area contributed by atoms with E-state index in [1.165, 1.54) is 0 Å². The third-order valence-corrected chi connectivity index (χ3v) is 8.48. The van der Waals surface area contributed by atoms with Gasteiger partial charge in [0.05, 0.1) is 35.9 Å². The maximum absolute atomic E-state index is 14.7. The minimum atomic E-state index is -1.21. The summed E-state index contributed by atoms with van der Waals surface area (Å²) >= 11 is 0. The molecular weight excluding hydrogens is 569 g/mol. The van der Waals surface area contributed by atoms with E-state index in [1.54, 1.807) is 28.3 Å². The van der Waals surface area contributed by atoms with Crippen molar-refractivity contribution >= 4 is 22.9 Å². The normalized spacial score (nSPS) is 22.0. The van der Waals surface area contributed by atoms with Gasteiger partial charge in [0.25, 0.3) is 0 Å². The van der Waals surface area contributed by atoms with Crippen molar-refractivity contribution in [1.29, 1.82) is 0 Å². The van der Waals surface area contributed by atoms with Gasteiger partial charge in [0.1, 0.15) is 29.2 Å². The van der Waals surface area contributed by atoms with E-state index in [2.05, 4.69) is 4.98 Å². The molecule has 5 heterocycles. The van der Waals surface area contributed by atoms with Crippen LogP contribution < -0.4 is 4.90 Å². The van der Waals surface area contributed by atoms with E-state index >= 15 is 0 Å². The van der Waals surface area contributed by atoms with Gasteiger partial charge in [0.15, 0.2) is 0 Å². The van der Waals surface area contributed by atoms with E-state index in [9.17, 15) is 18.0 Å². The van der Waals surface area contributed by atoms with Crippen molar-refractivity contribution in [2.45, 2.75) is 83.3 Å². The lowest BCUT2D eigenvalue weighted by Crippen LogP contribution is -2.54. The molecule has 1 aromatic carbocycles. The number of ether oxygens (including phenoxy) is 1. The second kappa shape index (κ2) is 11.1. The van der Waals surface area contributed by atoms with Crippen LogP contribution in [-0.2, 0) is 4.74 Å². The number of nitrogens with zero attached hydrogens (tertiary/aromatic N) is 6. The molecule has 4 aromatic rings. The predicted molar refractivity (Wildman–Crippen MR) is 162 cm³/mol. The van der Waals surface area contributed by atoms with Gasteiger partial charge < -0.3 is 14.5 Å². The molecule has 0 bridgehead atoms. The molecule has 1 amide bonds. The van der Waals surface area contributed by atoms with Gasteiger partial charge in [-0.1, -0.05) is 0 Å². The monoisotopic (exact) mass is 606 g/mol. The minimum absolute atomic E-state index is 0.0183. The summed E-state index contributed by atoms with van der Waals surface area (Å²) in [6.45, 7) is 10.2. The number of benzene rings is 1. The number of likely N-dealkylation sites (tertiary alicyclic amines) is 1. The molecule has 3 atom stereocenters. The number of carbonyl (C=O) groups excluding carboxylic acids is 1. The van der Waals surface area contributed by atoms with Crippen molar-refractivity contribution < 1.29 is 22.7 Å². The first-order chi connectivity index (χ1) is 20.8. The maximum Gasteiger partial charge on any atom is 0.410 e. The van der Waals surface area contributed by atoms with Crippen LogP contribution >= 0.6 is 0 Å². The van der Waals surface area contributed by atoms with Crippen LogP contribution in [0.25, 0.3) is 22.2 Å². The summed E-state index contributed by atoms with van der Waals surface area (Å²) in [6.07, 6.45) is 5.40. The van der Waals surface area contributed by atoms with Crippen LogP contribution in [0.1, 0.15) is 71.5 Å². The Morgan fingerprint density at radius 3 is 2.66 bits per heavy atom. The Bertz CT molecular complexity index is 1700. The Labute approximate surface area is 254 Å². The van der Waals surface area contributed by atoms with E-state index in [-0.39, 0.29) is 30.7 Å². The molecule has 0 saturated carbocycles. The average molecular weight is 607 g/mol. The predicted octanol–water partition coefficient (Wildman–Crippen LogP) is 7.41. The lowest BCUT2D eigenvalue weighted by atomic mass is 9.87. The lowest BCUT2D eigenvalue weighted by molar-refractivity contribution is -0.0143. The number of hydrogen-bond acceptors (Lipinski definition) is 6. The van der Waals surface area contributed by atoms with Gasteiger partial charge in [-0.05, 0) is 83.9 Å². The Morgan fingerprint density at radius 2 is 1.91 bits per heavy atom. The number of fused-ring (bicyclic) bond motifs is 1. The number of piperidine rings is 1. The van der Waals surface area contributed by atoms with Gasteiger partial charge in [-0.25, -0.2) is 22.9 Å². The zero-order valence-corrected chi connectivity index (χ0v) is 25.6. The minimum Gasteiger partial charge on any atom is -0.444 e. The smallest absolute Gasteiger partial charge is 0.410 e. The molecule has 1 unspecified atom stereocenters. The van der Waals surface area contributed by atoms with Crippen molar-refractivity contribution in [1.82, 2.24) is 24.6 Å². The van der Waals surface area contributed by atoms with Gasteiger partial charge in [0, 0.05) is 47.6 Å². The Morgan fingerprint density at radius 1 is 1.11 bits per heavy atom. The number of hydrogen-bond donors (Lipinski definition) is 0. The first-order valence-electron chi connectivity index (χ1n) is 15.0. The molecule has 6 rings (SSSR count). The standard InChI is InChI=1S/C33H37F3N6O2/c1-32(2,3)44-31(43)41-13-11-23(16-33(41,4)5)42-18-20(17-38-42)24-10-12-37-27-8-9-29(39-30(24)27)40-19-22(35)15-28(40)25-14-21(34)6-7-26(25)36/h6-10,12,14,17-18,22-23,28H,11,13,15-16,19H2,1-5H3/t22-,23?,28+/m0/s1. The number of pyridine rings is 2. The molecule has 0 N–H and O–H groups in total. The van der Waals surface area contributed by atoms with Crippen LogP contribution in [0.2, 0.25) is 0 Å². The molecule has 3 aromatic heterocycles. The Balaban J connectivity index is 1.28. The summed E-state index contributed by atoms with van der Waals surface area (Å²) < 4.78 is 51.1. The quantitative estimate of drug-likeness (QED) is 0.241. The molecule has 0 radical (unpaired) electrons. The second-order valence-electron chi connectivity index (χ2n) is 13.4.